The fraction of sp³-hybridized carbons (Fsp3) is 0.471. The van der Waals surface area contributed by atoms with E-state index in [0.717, 1.165) is 25.9 Å². The van der Waals surface area contributed by atoms with Crippen LogP contribution in [-0.4, -0.2) is 44.3 Å². The minimum absolute atomic E-state index is 0.124. The fourth-order valence-electron chi connectivity index (χ4n) is 2.83. The quantitative estimate of drug-likeness (QED) is 0.859. The standard InChI is InChI=1S/C17H21FN4OS/c1-12(16(23)22-10-6-2-3-7-11-22)24-17-19-15(20-21-17)13-8-4-5-9-14(13)18/h4-5,8-9,12H,2-3,6-7,10-11H2,1H3,(H,19,20,21)/t12-/m1/s1. The largest absolute Gasteiger partial charge is 0.342 e. The third-order valence-electron chi connectivity index (χ3n) is 4.14. The van der Waals surface area contributed by atoms with Crippen molar-refractivity contribution >= 4 is 17.7 Å². The maximum atomic E-state index is 13.8. The summed E-state index contributed by atoms with van der Waals surface area (Å²) in [6.45, 7) is 3.54. The van der Waals surface area contributed by atoms with Crippen molar-refractivity contribution in [2.75, 3.05) is 13.1 Å². The summed E-state index contributed by atoms with van der Waals surface area (Å²) in [6.07, 6.45) is 4.53. The van der Waals surface area contributed by atoms with Crippen LogP contribution in [0.15, 0.2) is 29.4 Å². The lowest BCUT2D eigenvalue weighted by Gasteiger charge is -2.23. The Balaban J connectivity index is 1.65. The molecule has 0 spiro atoms. The van der Waals surface area contributed by atoms with Crippen molar-refractivity contribution in [3.05, 3.63) is 30.1 Å². The number of halogens is 1. The average molecular weight is 348 g/mol. The molecule has 7 heteroatoms. The van der Waals surface area contributed by atoms with Crippen molar-refractivity contribution < 1.29 is 9.18 Å². The van der Waals surface area contributed by atoms with Gasteiger partial charge in [-0.1, -0.05) is 36.7 Å². The number of aromatic nitrogens is 3. The molecule has 5 nitrogen and oxygen atoms in total. The van der Waals surface area contributed by atoms with Crippen LogP contribution >= 0.6 is 11.8 Å². The van der Waals surface area contributed by atoms with E-state index in [4.69, 9.17) is 0 Å². The molecular formula is C17H21FN4OS. The third-order valence-corrected chi connectivity index (χ3v) is 5.09. The van der Waals surface area contributed by atoms with Crippen LogP contribution in [0.5, 0.6) is 0 Å². The number of aromatic amines is 1. The lowest BCUT2D eigenvalue weighted by molar-refractivity contribution is -0.130. The molecule has 1 aromatic heterocycles. The Bertz CT molecular complexity index is 697. The summed E-state index contributed by atoms with van der Waals surface area (Å²) in [6, 6.07) is 6.41. The van der Waals surface area contributed by atoms with Crippen molar-refractivity contribution in [3.63, 3.8) is 0 Å². The van der Waals surface area contributed by atoms with Gasteiger partial charge in [-0.3, -0.25) is 9.89 Å². The summed E-state index contributed by atoms with van der Waals surface area (Å²) < 4.78 is 13.8. The zero-order chi connectivity index (χ0) is 16.9. The van der Waals surface area contributed by atoms with Crippen LogP contribution in [0.2, 0.25) is 0 Å². The van der Waals surface area contributed by atoms with Gasteiger partial charge in [0.25, 0.3) is 0 Å². The summed E-state index contributed by atoms with van der Waals surface area (Å²) in [4.78, 5) is 18.8. The Morgan fingerprint density at radius 2 is 1.96 bits per heavy atom. The highest BCUT2D eigenvalue weighted by Gasteiger charge is 2.23. The number of thioether (sulfide) groups is 1. The van der Waals surface area contributed by atoms with Crippen LogP contribution in [-0.2, 0) is 4.79 Å². The molecule has 0 bridgehead atoms. The lowest BCUT2D eigenvalue weighted by atomic mass is 10.2. The average Bonchev–Trinajstić information content (AvgIpc) is 2.87. The second-order valence-corrected chi connectivity index (χ2v) is 7.25. The number of H-pyrrole nitrogens is 1. The van der Waals surface area contributed by atoms with Gasteiger partial charge in [0.1, 0.15) is 5.82 Å². The van der Waals surface area contributed by atoms with Crippen LogP contribution in [0.25, 0.3) is 11.4 Å². The second kappa shape index (κ2) is 7.79. The number of likely N-dealkylation sites (tertiary alicyclic amines) is 1. The number of carbonyl (C=O) groups excluding carboxylic acids is 1. The lowest BCUT2D eigenvalue weighted by Crippen LogP contribution is -2.37. The fourth-order valence-corrected chi connectivity index (χ4v) is 3.64. The van der Waals surface area contributed by atoms with E-state index >= 15 is 0 Å². The van der Waals surface area contributed by atoms with E-state index in [1.807, 2.05) is 11.8 Å². The molecule has 0 saturated carbocycles. The molecule has 2 heterocycles. The zero-order valence-corrected chi connectivity index (χ0v) is 14.5. The SMILES string of the molecule is C[C@@H](Sc1n[nH]c(-c2ccccc2F)n1)C(=O)N1CCCCCC1. The maximum absolute atomic E-state index is 13.8. The second-order valence-electron chi connectivity index (χ2n) is 5.95. The van der Waals surface area contributed by atoms with E-state index in [0.29, 0.717) is 16.5 Å². The normalized spacial score (nSPS) is 16.7. The van der Waals surface area contributed by atoms with Crippen LogP contribution in [0.1, 0.15) is 32.6 Å². The van der Waals surface area contributed by atoms with Crippen LogP contribution in [0, 0.1) is 5.82 Å². The van der Waals surface area contributed by atoms with E-state index in [1.54, 1.807) is 18.2 Å². The highest BCUT2D eigenvalue weighted by molar-refractivity contribution is 8.00. The van der Waals surface area contributed by atoms with Gasteiger partial charge in [-0.2, -0.15) is 0 Å². The van der Waals surface area contributed by atoms with Crippen molar-refractivity contribution in [1.82, 2.24) is 20.1 Å². The van der Waals surface area contributed by atoms with E-state index in [1.165, 1.54) is 30.7 Å². The number of amides is 1. The highest BCUT2D eigenvalue weighted by atomic mass is 32.2. The molecule has 1 atom stereocenters. The summed E-state index contributed by atoms with van der Waals surface area (Å²) in [5, 5.41) is 7.06. The van der Waals surface area contributed by atoms with Gasteiger partial charge < -0.3 is 4.90 Å². The Labute approximate surface area is 145 Å². The smallest absolute Gasteiger partial charge is 0.235 e. The molecule has 1 aliphatic heterocycles. The molecule has 1 aliphatic rings. The molecular weight excluding hydrogens is 327 g/mol. The minimum atomic E-state index is -0.348. The molecule has 1 saturated heterocycles. The Hall–Kier alpha value is -1.89. The molecule has 128 valence electrons. The minimum Gasteiger partial charge on any atom is -0.342 e. The maximum Gasteiger partial charge on any atom is 0.235 e. The van der Waals surface area contributed by atoms with Crippen molar-refractivity contribution in [2.45, 2.75) is 43.0 Å². The van der Waals surface area contributed by atoms with E-state index < -0.39 is 0 Å². The van der Waals surface area contributed by atoms with E-state index in [2.05, 4.69) is 15.2 Å². The predicted molar refractivity (Wildman–Crippen MR) is 92.1 cm³/mol. The number of carbonyl (C=O) groups is 1. The molecule has 24 heavy (non-hydrogen) atoms. The van der Waals surface area contributed by atoms with Gasteiger partial charge >= 0.3 is 0 Å². The van der Waals surface area contributed by atoms with E-state index in [-0.39, 0.29) is 17.0 Å². The van der Waals surface area contributed by atoms with Crippen LogP contribution in [0.4, 0.5) is 4.39 Å². The van der Waals surface area contributed by atoms with Gasteiger partial charge in [-0.15, -0.1) is 5.10 Å². The molecule has 1 fully saturated rings. The number of hydrogen-bond donors (Lipinski definition) is 1. The molecule has 1 N–H and O–H groups in total. The molecule has 0 radical (unpaired) electrons. The predicted octanol–water partition coefficient (Wildman–Crippen LogP) is 3.49. The molecule has 0 unspecified atom stereocenters. The van der Waals surface area contributed by atoms with Crippen molar-refractivity contribution in [3.8, 4) is 11.4 Å². The van der Waals surface area contributed by atoms with Gasteiger partial charge in [0.15, 0.2) is 5.82 Å². The number of hydrogen-bond acceptors (Lipinski definition) is 4. The van der Waals surface area contributed by atoms with Gasteiger partial charge in [-0.25, -0.2) is 9.37 Å². The van der Waals surface area contributed by atoms with E-state index in [9.17, 15) is 9.18 Å². The first kappa shape index (κ1) is 17.0. The van der Waals surface area contributed by atoms with Gasteiger partial charge in [0.05, 0.1) is 10.8 Å². The summed E-state index contributed by atoms with van der Waals surface area (Å²) in [5.41, 5.74) is 0.378. The Morgan fingerprint density at radius 3 is 2.67 bits per heavy atom. The number of nitrogens with one attached hydrogen (secondary N) is 1. The van der Waals surface area contributed by atoms with Crippen molar-refractivity contribution in [2.24, 2.45) is 0 Å². The van der Waals surface area contributed by atoms with Gasteiger partial charge in [-0.05, 0) is 31.9 Å². The molecule has 1 amide bonds. The molecule has 3 rings (SSSR count). The topological polar surface area (TPSA) is 61.9 Å². The van der Waals surface area contributed by atoms with Gasteiger partial charge in [0, 0.05) is 13.1 Å². The molecule has 0 aliphatic carbocycles. The summed E-state index contributed by atoms with van der Waals surface area (Å²) in [7, 11) is 0. The number of nitrogens with zero attached hydrogens (tertiary/aromatic N) is 3. The number of benzene rings is 1. The van der Waals surface area contributed by atoms with Crippen LogP contribution < -0.4 is 0 Å². The summed E-state index contributed by atoms with van der Waals surface area (Å²) in [5.74, 6) is 0.156. The van der Waals surface area contributed by atoms with Crippen LogP contribution in [0.3, 0.4) is 0 Å². The molecule has 1 aromatic carbocycles. The van der Waals surface area contributed by atoms with Gasteiger partial charge in [0.2, 0.25) is 11.1 Å². The first-order valence-electron chi connectivity index (χ1n) is 8.28. The Morgan fingerprint density at radius 1 is 1.25 bits per heavy atom. The monoisotopic (exact) mass is 348 g/mol. The zero-order valence-electron chi connectivity index (χ0n) is 13.7. The summed E-state index contributed by atoms with van der Waals surface area (Å²) >= 11 is 1.31. The van der Waals surface area contributed by atoms with Crippen molar-refractivity contribution in [1.29, 1.82) is 0 Å². The third kappa shape index (κ3) is 3.95. The first-order valence-corrected chi connectivity index (χ1v) is 9.16. The number of rotatable bonds is 4. The molecule has 2 aromatic rings. The first-order chi connectivity index (χ1) is 11.6. The Kier molecular flexibility index (Phi) is 5.50. The highest BCUT2D eigenvalue weighted by Crippen LogP contribution is 2.25.